The zero-order chi connectivity index (χ0) is 12.4. The summed E-state index contributed by atoms with van der Waals surface area (Å²) in [6, 6.07) is 0. The molecule has 0 aliphatic heterocycles. The fraction of sp³-hybridized carbons (Fsp3) is 0.600. The topological polar surface area (TPSA) is 84.5 Å². The maximum Gasteiger partial charge on any atom is 0.519 e. The number of hydrogen-bond donors (Lipinski definition) is 2. The Hall–Kier alpha value is -1.40. The average molecular weight is 230 g/mol. The number of carbonyl (C=O) groups excluding carboxylic acids is 1. The van der Waals surface area contributed by atoms with Gasteiger partial charge in [-0.05, 0) is 20.9 Å². The van der Waals surface area contributed by atoms with Gasteiger partial charge in [0.05, 0.1) is 6.54 Å². The lowest BCUT2D eigenvalue weighted by molar-refractivity contribution is -0.106. The first-order chi connectivity index (χ1) is 7.65. The molecule has 0 spiro atoms. The number of likely N-dealkylation sites (N-methyl/N-ethyl adjacent to an activating group) is 1. The highest BCUT2D eigenvalue weighted by Crippen LogP contribution is 2.03. The minimum Gasteiger partial charge on any atom is -0.396 e. The second-order valence-electron chi connectivity index (χ2n) is 2.95. The van der Waals surface area contributed by atoms with Gasteiger partial charge < -0.3 is 24.3 Å². The summed E-state index contributed by atoms with van der Waals surface area (Å²) in [5.74, 6) is 0.478. The Balaban J connectivity index is 0.000000673. The van der Waals surface area contributed by atoms with Crippen molar-refractivity contribution in [2.45, 2.75) is 20.4 Å². The van der Waals surface area contributed by atoms with E-state index in [1.54, 1.807) is 6.92 Å². The minimum atomic E-state index is -0.636. The molecule has 16 heavy (non-hydrogen) atoms. The van der Waals surface area contributed by atoms with Crippen molar-refractivity contribution in [1.82, 2.24) is 10.6 Å². The molecule has 1 aromatic heterocycles. The maximum absolute atomic E-state index is 10.6. The van der Waals surface area contributed by atoms with Crippen LogP contribution in [0.15, 0.2) is 13.6 Å². The van der Waals surface area contributed by atoms with Gasteiger partial charge >= 0.3 is 5.82 Å². The first-order valence-corrected chi connectivity index (χ1v) is 5.00. The summed E-state index contributed by atoms with van der Waals surface area (Å²) in [5, 5.41) is 6.10. The van der Waals surface area contributed by atoms with E-state index >= 15 is 0 Å². The van der Waals surface area contributed by atoms with E-state index in [0.717, 1.165) is 19.4 Å². The van der Waals surface area contributed by atoms with Gasteiger partial charge in [0.1, 0.15) is 12.0 Å². The van der Waals surface area contributed by atoms with Crippen molar-refractivity contribution in [3.8, 4) is 0 Å². The van der Waals surface area contributed by atoms with Crippen LogP contribution in [-0.4, -0.2) is 26.4 Å². The van der Waals surface area contributed by atoms with E-state index in [9.17, 15) is 4.79 Å². The predicted molar refractivity (Wildman–Crippen MR) is 59.4 cm³/mol. The third-order valence-corrected chi connectivity index (χ3v) is 1.67. The average Bonchev–Trinajstić information content (AvgIpc) is 2.54. The zero-order valence-electron chi connectivity index (χ0n) is 9.83. The van der Waals surface area contributed by atoms with E-state index in [1.807, 2.05) is 7.05 Å². The highest BCUT2D eigenvalue weighted by molar-refractivity contribution is 5.44. The summed E-state index contributed by atoms with van der Waals surface area (Å²) in [6.45, 7) is 5.38. The second kappa shape index (κ2) is 8.87. The lowest BCUT2D eigenvalue weighted by Crippen LogP contribution is -2.24. The number of hydrogen-bond acceptors (Lipinski definition) is 6. The Bertz CT molecular complexity index is 343. The summed E-state index contributed by atoms with van der Waals surface area (Å²) < 4.78 is 9.48. The molecule has 6 heteroatoms. The maximum atomic E-state index is 10.6. The summed E-state index contributed by atoms with van der Waals surface area (Å²) >= 11 is 0. The van der Waals surface area contributed by atoms with Crippen LogP contribution in [0.2, 0.25) is 0 Å². The third kappa shape index (κ3) is 6.15. The molecule has 0 bridgehead atoms. The lowest BCUT2D eigenvalue weighted by Gasteiger charge is -2.00. The van der Waals surface area contributed by atoms with Gasteiger partial charge in [-0.3, -0.25) is 0 Å². The molecule has 0 fully saturated rings. The van der Waals surface area contributed by atoms with Gasteiger partial charge in [0.15, 0.2) is 5.76 Å². The molecule has 92 valence electrons. The van der Waals surface area contributed by atoms with Gasteiger partial charge in [-0.1, -0.05) is 0 Å². The fourth-order valence-electron chi connectivity index (χ4n) is 0.951. The minimum absolute atomic E-state index is 0.527. The van der Waals surface area contributed by atoms with Crippen molar-refractivity contribution >= 4 is 6.29 Å². The number of aryl methyl sites for hydroxylation is 1. The van der Waals surface area contributed by atoms with Gasteiger partial charge in [0.25, 0.3) is 0 Å². The van der Waals surface area contributed by atoms with Gasteiger partial charge in [-0.25, -0.2) is 4.79 Å². The molecule has 1 rings (SSSR count). The lowest BCUT2D eigenvalue weighted by atomic mass is 10.4. The van der Waals surface area contributed by atoms with Gasteiger partial charge in [0.2, 0.25) is 0 Å². The number of nitrogens with one attached hydrogen (secondary N) is 2. The zero-order valence-corrected chi connectivity index (χ0v) is 9.83. The molecule has 2 N–H and O–H groups in total. The molecular formula is C10H18N2O4. The van der Waals surface area contributed by atoms with Gasteiger partial charge in [-0.2, -0.15) is 0 Å². The Morgan fingerprint density at radius 2 is 1.94 bits per heavy atom. The first kappa shape index (κ1) is 14.6. The van der Waals surface area contributed by atoms with E-state index in [4.69, 9.17) is 13.6 Å². The summed E-state index contributed by atoms with van der Waals surface area (Å²) in [6.07, 6.45) is 0.750. The largest absolute Gasteiger partial charge is 0.519 e. The molecule has 0 radical (unpaired) electrons. The van der Waals surface area contributed by atoms with Crippen LogP contribution in [0.5, 0.6) is 0 Å². The monoisotopic (exact) mass is 230 g/mol. The smallest absolute Gasteiger partial charge is 0.396 e. The van der Waals surface area contributed by atoms with Gasteiger partial charge in [-0.15, -0.1) is 0 Å². The molecule has 0 unspecified atom stereocenters. The second-order valence-corrected chi connectivity index (χ2v) is 2.95. The van der Waals surface area contributed by atoms with Crippen molar-refractivity contribution in [1.29, 1.82) is 0 Å². The van der Waals surface area contributed by atoms with Crippen LogP contribution in [0.1, 0.15) is 18.4 Å². The molecule has 0 saturated carbocycles. The molecule has 0 atom stereocenters. The molecule has 1 aromatic rings. The van der Waals surface area contributed by atoms with Crippen LogP contribution in [0.4, 0.5) is 0 Å². The molecule has 1 heterocycles. The van der Waals surface area contributed by atoms with Crippen molar-refractivity contribution in [2.24, 2.45) is 0 Å². The van der Waals surface area contributed by atoms with Crippen LogP contribution in [-0.2, 0) is 11.3 Å². The first-order valence-electron chi connectivity index (χ1n) is 5.00. The Kier molecular flexibility index (Phi) is 8.10. The van der Waals surface area contributed by atoms with Gasteiger partial charge in [0, 0.05) is 13.1 Å². The molecule has 6 nitrogen and oxygen atoms in total. The van der Waals surface area contributed by atoms with E-state index in [-0.39, 0.29) is 0 Å². The van der Waals surface area contributed by atoms with Crippen LogP contribution < -0.4 is 16.5 Å². The molecule has 0 saturated heterocycles. The van der Waals surface area contributed by atoms with E-state index in [0.29, 0.717) is 18.1 Å². The number of aldehydes is 1. The van der Waals surface area contributed by atoms with Crippen LogP contribution in [0.25, 0.3) is 0 Å². The van der Waals surface area contributed by atoms with E-state index in [1.165, 1.54) is 6.92 Å². The predicted octanol–water partition coefficient (Wildman–Crippen LogP) is 0.0554. The van der Waals surface area contributed by atoms with E-state index in [2.05, 4.69) is 10.6 Å². The van der Waals surface area contributed by atoms with Crippen molar-refractivity contribution in [3.05, 3.63) is 22.1 Å². The number of carbonyl (C=O) groups is 1. The van der Waals surface area contributed by atoms with Crippen molar-refractivity contribution in [2.75, 3.05) is 20.1 Å². The fourth-order valence-corrected chi connectivity index (χ4v) is 0.951. The molecule has 0 aliphatic carbocycles. The molecular weight excluding hydrogens is 212 g/mol. The Labute approximate surface area is 94.0 Å². The molecule has 0 aliphatic rings. The SMILES string of the molecule is CC=O.CNCCNCc1oc(=O)oc1C. The third-order valence-electron chi connectivity index (χ3n) is 1.67. The summed E-state index contributed by atoms with van der Waals surface area (Å²) in [5.41, 5.74) is 0. The van der Waals surface area contributed by atoms with Crippen LogP contribution in [0.3, 0.4) is 0 Å². The summed E-state index contributed by atoms with van der Waals surface area (Å²) in [7, 11) is 1.88. The molecule has 0 aromatic carbocycles. The molecule has 0 amide bonds. The summed E-state index contributed by atoms with van der Waals surface area (Å²) in [4.78, 5) is 19.4. The van der Waals surface area contributed by atoms with Crippen LogP contribution >= 0.6 is 0 Å². The van der Waals surface area contributed by atoms with E-state index < -0.39 is 5.82 Å². The van der Waals surface area contributed by atoms with Crippen LogP contribution in [0, 0.1) is 6.92 Å². The number of rotatable bonds is 5. The highest BCUT2D eigenvalue weighted by atomic mass is 16.6. The highest BCUT2D eigenvalue weighted by Gasteiger charge is 2.06. The standard InChI is InChI=1S/C8H14N2O3.C2H4O/c1-6-7(13-8(11)12-6)5-10-4-3-9-2;1-2-3/h9-10H,3-5H2,1-2H3;2H,1H3. The quantitative estimate of drug-likeness (QED) is 0.549. The normalized spacial score (nSPS) is 9.44. The Morgan fingerprint density at radius 1 is 1.31 bits per heavy atom. The Morgan fingerprint density at radius 3 is 2.38 bits per heavy atom. The van der Waals surface area contributed by atoms with Crippen molar-refractivity contribution < 1.29 is 13.6 Å². The van der Waals surface area contributed by atoms with Crippen molar-refractivity contribution in [3.63, 3.8) is 0 Å².